The van der Waals surface area contributed by atoms with Crippen molar-refractivity contribution in [2.24, 2.45) is 0 Å². The van der Waals surface area contributed by atoms with Gasteiger partial charge in [-0.2, -0.15) is 13.2 Å². The number of nitrogens with one attached hydrogen (secondary N) is 2. The van der Waals surface area contributed by atoms with Crippen LogP contribution in [0, 0.1) is 0 Å². The number of hydrogen-bond donors (Lipinski definition) is 2. The number of rotatable bonds is 7. The Morgan fingerprint density at radius 2 is 1.78 bits per heavy atom. The van der Waals surface area contributed by atoms with Crippen LogP contribution in [0.5, 0.6) is 0 Å². The van der Waals surface area contributed by atoms with Crippen molar-refractivity contribution < 1.29 is 31.2 Å². The van der Waals surface area contributed by atoms with Gasteiger partial charge in [0.25, 0.3) is 5.91 Å². The highest BCUT2D eigenvalue weighted by molar-refractivity contribution is 7.89. The summed E-state index contributed by atoms with van der Waals surface area (Å²) >= 11 is 0. The SMILES string of the molecule is O=C(NCC(F)(F)F)C1CCCN1C(=O)c1cccc(S(=O)(=O)NCc2ccccc2)c1. The monoisotopic (exact) mass is 469 g/mol. The van der Waals surface area contributed by atoms with E-state index < -0.39 is 40.6 Å². The second kappa shape index (κ2) is 9.70. The van der Waals surface area contributed by atoms with E-state index in [0.717, 1.165) is 5.56 Å². The van der Waals surface area contributed by atoms with E-state index in [-0.39, 0.29) is 30.0 Å². The fraction of sp³-hybridized carbons (Fsp3) is 0.333. The molecule has 0 bridgehead atoms. The van der Waals surface area contributed by atoms with Gasteiger partial charge in [-0.3, -0.25) is 9.59 Å². The molecule has 0 aromatic heterocycles. The summed E-state index contributed by atoms with van der Waals surface area (Å²) in [4.78, 5) is 26.2. The zero-order valence-corrected chi connectivity index (χ0v) is 17.7. The van der Waals surface area contributed by atoms with Crippen LogP contribution >= 0.6 is 0 Å². The number of benzene rings is 2. The van der Waals surface area contributed by atoms with Crippen LogP contribution in [0.15, 0.2) is 59.5 Å². The Bertz CT molecular complexity index is 1080. The van der Waals surface area contributed by atoms with Crippen LogP contribution in [-0.2, 0) is 21.4 Å². The van der Waals surface area contributed by atoms with Crippen LogP contribution in [0.3, 0.4) is 0 Å². The van der Waals surface area contributed by atoms with Gasteiger partial charge < -0.3 is 10.2 Å². The van der Waals surface area contributed by atoms with E-state index in [1.54, 1.807) is 29.6 Å². The molecular weight excluding hydrogens is 447 g/mol. The third kappa shape index (κ3) is 6.07. The molecule has 0 saturated carbocycles. The average Bonchev–Trinajstić information content (AvgIpc) is 3.26. The highest BCUT2D eigenvalue weighted by Crippen LogP contribution is 2.22. The Kier molecular flexibility index (Phi) is 7.19. The molecule has 7 nitrogen and oxygen atoms in total. The van der Waals surface area contributed by atoms with E-state index in [1.807, 2.05) is 6.07 Å². The molecule has 1 atom stereocenters. The summed E-state index contributed by atoms with van der Waals surface area (Å²) in [5.41, 5.74) is 0.788. The van der Waals surface area contributed by atoms with Gasteiger partial charge in [0.05, 0.1) is 4.90 Å². The minimum atomic E-state index is -4.56. The molecule has 1 fully saturated rings. The molecule has 2 aromatic rings. The van der Waals surface area contributed by atoms with E-state index in [4.69, 9.17) is 0 Å². The summed E-state index contributed by atoms with van der Waals surface area (Å²) in [6, 6.07) is 13.2. The maximum Gasteiger partial charge on any atom is 0.405 e. The van der Waals surface area contributed by atoms with Crippen LogP contribution < -0.4 is 10.0 Å². The van der Waals surface area contributed by atoms with Gasteiger partial charge >= 0.3 is 6.18 Å². The van der Waals surface area contributed by atoms with Gasteiger partial charge in [-0.15, -0.1) is 0 Å². The molecule has 2 amide bonds. The minimum absolute atomic E-state index is 0.0307. The van der Waals surface area contributed by atoms with Gasteiger partial charge in [0, 0.05) is 18.7 Å². The first-order chi connectivity index (χ1) is 15.1. The zero-order valence-electron chi connectivity index (χ0n) is 16.9. The quantitative estimate of drug-likeness (QED) is 0.651. The molecule has 2 aromatic carbocycles. The molecule has 2 N–H and O–H groups in total. The number of halogens is 3. The number of nitrogens with zero attached hydrogens (tertiary/aromatic N) is 1. The van der Waals surface area contributed by atoms with Crippen molar-refractivity contribution in [1.82, 2.24) is 14.9 Å². The number of carbonyl (C=O) groups excluding carboxylic acids is 2. The molecule has 1 aliphatic rings. The number of likely N-dealkylation sites (tertiary alicyclic amines) is 1. The molecule has 0 spiro atoms. The lowest BCUT2D eigenvalue weighted by molar-refractivity contribution is -0.140. The fourth-order valence-electron chi connectivity index (χ4n) is 3.41. The first kappa shape index (κ1) is 23.7. The number of hydrogen-bond acceptors (Lipinski definition) is 4. The summed E-state index contributed by atoms with van der Waals surface area (Å²) < 4.78 is 64.9. The summed E-state index contributed by atoms with van der Waals surface area (Å²) in [6.07, 6.45) is -3.88. The number of alkyl halides is 3. The van der Waals surface area contributed by atoms with Gasteiger partial charge in [-0.05, 0) is 36.6 Å². The first-order valence-electron chi connectivity index (χ1n) is 9.86. The van der Waals surface area contributed by atoms with Crippen molar-refractivity contribution in [2.75, 3.05) is 13.1 Å². The predicted molar refractivity (Wildman–Crippen MR) is 110 cm³/mol. The third-order valence-electron chi connectivity index (χ3n) is 4.98. The Morgan fingerprint density at radius 3 is 2.47 bits per heavy atom. The predicted octanol–water partition coefficient (Wildman–Crippen LogP) is 2.45. The Hall–Kier alpha value is -2.92. The summed E-state index contributed by atoms with van der Waals surface area (Å²) in [6.45, 7) is -1.23. The van der Waals surface area contributed by atoms with Crippen LogP contribution in [0.1, 0.15) is 28.8 Å². The third-order valence-corrected chi connectivity index (χ3v) is 6.38. The highest BCUT2D eigenvalue weighted by Gasteiger charge is 2.36. The lowest BCUT2D eigenvalue weighted by Crippen LogP contribution is -2.48. The maximum absolute atomic E-state index is 12.9. The van der Waals surface area contributed by atoms with Crippen molar-refractivity contribution in [1.29, 1.82) is 0 Å². The van der Waals surface area contributed by atoms with E-state index in [0.29, 0.717) is 6.42 Å². The summed E-state index contributed by atoms with van der Waals surface area (Å²) in [7, 11) is -3.92. The van der Waals surface area contributed by atoms with Gasteiger partial charge in [-0.1, -0.05) is 36.4 Å². The molecule has 1 saturated heterocycles. The number of carbonyl (C=O) groups is 2. The smallest absolute Gasteiger partial charge is 0.345 e. The molecule has 32 heavy (non-hydrogen) atoms. The summed E-state index contributed by atoms with van der Waals surface area (Å²) in [5, 5.41) is 1.81. The van der Waals surface area contributed by atoms with Gasteiger partial charge in [0.1, 0.15) is 12.6 Å². The average molecular weight is 469 g/mol. The van der Waals surface area contributed by atoms with Crippen molar-refractivity contribution in [3.05, 3.63) is 65.7 Å². The first-order valence-corrected chi connectivity index (χ1v) is 11.3. The fourth-order valence-corrected chi connectivity index (χ4v) is 4.47. The van der Waals surface area contributed by atoms with Gasteiger partial charge in [-0.25, -0.2) is 13.1 Å². The molecule has 0 radical (unpaired) electrons. The van der Waals surface area contributed by atoms with E-state index >= 15 is 0 Å². The minimum Gasteiger partial charge on any atom is -0.345 e. The topological polar surface area (TPSA) is 95.6 Å². The number of sulfonamides is 1. The van der Waals surface area contributed by atoms with Crippen LogP contribution in [0.4, 0.5) is 13.2 Å². The van der Waals surface area contributed by atoms with Gasteiger partial charge in [0.2, 0.25) is 15.9 Å². The van der Waals surface area contributed by atoms with E-state index in [9.17, 15) is 31.2 Å². The van der Waals surface area contributed by atoms with Crippen LogP contribution in [-0.4, -0.2) is 50.4 Å². The molecule has 172 valence electrons. The zero-order chi connectivity index (χ0) is 23.4. The van der Waals surface area contributed by atoms with E-state index in [1.165, 1.54) is 29.2 Å². The van der Waals surface area contributed by atoms with E-state index in [2.05, 4.69) is 4.72 Å². The lowest BCUT2D eigenvalue weighted by Gasteiger charge is -2.24. The van der Waals surface area contributed by atoms with Crippen molar-refractivity contribution >= 4 is 21.8 Å². The molecule has 1 heterocycles. The van der Waals surface area contributed by atoms with Crippen molar-refractivity contribution in [3.8, 4) is 0 Å². The molecule has 1 aliphatic heterocycles. The Labute approximate surface area is 183 Å². The number of amides is 2. The largest absolute Gasteiger partial charge is 0.405 e. The summed E-state index contributed by atoms with van der Waals surface area (Å²) in [5.74, 6) is -1.50. The van der Waals surface area contributed by atoms with Crippen LogP contribution in [0.25, 0.3) is 0 Å². The lowest BCUT2D eigenvalue weighted by atomic mass is 10.1. The van der Waals surface area contributed by atoms with Crippen molar-refractivity contribution in [3.63, 3.8) is 0 Å². The normalized spacial score (nSPS) is 16.7. The maximum atomic E-state index is 12.9. The second-order valence-corrected chi connectivity index (χ2v) is 9.09. The molecule has 1 unspecified atom stereocenters. The molecule has 0 aliphatic carbocycles. The molecule has 11 heteroatoms. The molecule has 3 rings (SSSR count). The van der Waals surface area contributed by atoms with Gasteiger partial charge in [0.15, 0.2) is 0 Å². The Balaban J connectivity index is 1.72. The molecular formula is C21H22F3N3O4S. The second-order valence-electron chi connectivity index (χ2n) is 7.33. The standard InChI is InChI=1S/C21H22F3N3O4S/c22-21(23,24)14-25-19(28)18-10-5-11-27(18)20(29)16-8-4-9-17(12-16)32(30,31)26-13-15-6-2-1-3-7-15/h1-4,6-9,12,18,26H,5,10-11,13-14H2,(H,25,28). The van der Waals surface area contributed by atoms with Crippen LogP contribution in [0.2, 0.25) is 0 Å². The van der Waals surface area contributed by atoms with Crippen molar-refractivity contribution in [2.45, 2.75) is 36.5 Å². The Morgan fingerprint density at radius 1 is 1.06 bits per heavy atom. The highest BCUT2D eigenvalue weighted by atomic mass is 32.2.